The Morgan fingerprint density at radius 3 is 2.34 bits per heavy atom. The Hall–Kier alpha value is -1.92. The first kappa shape index (κ1) is 21.8. The second kappa shape index (κ2) is 8.07. The van der Waals surface area contributed by atoms with Crippen molar-refractivity contribution in [1.82, 2.24) is 4.90 Å². The molecule has 2 aromatic rings. The van der Waals surface area contributed by atoms with Crippen molar-refractivity contribution in [3.63, 3.8) is 0 Å². The zero-order chi connectivity index (χ0) is 21.4. The first-order chi connectivity index (χ1) is 13.4. The number of nitrogens with zero attached hydrogens (tertiary/aromatic N) is 1. The van der Waals surface area contributed by atoms with E-state index in [9.17, 15) is 13.2 Å². The van der Waals surface area contributed by atoms with Gasteiger partial charge in [0.25, 0.3) is 0 Å². The molecule has 7 heteroatoms. The van der Waals surface area contributed by atoms with Crippen molar-refractivity contribution in [1.29, 1.82) is 0 Å². The molecular formula is C22H25ClF3NO2. The highest BCUT2D eigenvalue weighted by Crippen LogP contribution is 2.37. The average molecular weight is 428 g/mol. The second-order valence-electron chi connectivity index (χ2n) is 8.29. The van der Waals surface area contributed by atoms with Crippen molar-refractivity contribution in [2.24, 2.45) is 0 Å². The fourth-order valence-corrected chi connectivity index (χ4v) is 3.30. The molecule has 1 unspecified atom stereocenters. The van der Waals surface area contributed by atoms with Crippen molar-refractivity contribution >= 4 is 11.6 Å². The Morgan fingerprint density at radius 2 is 1.72 bits per heavy atom. The van der Waals surface area contributed by atoms with E-state index >= 15 is 0 Å². The van der Waals surface area contributed by atoms with E-state index in [4.69, 9.17) is 21.1 Å². The molecule has 1 aliphatic heterocycles. The number of hydrogen-bond acceptors (Lipinski definition) is 3. The molecule has 0 spiro atoms. The van der Waals surface area contributed by atoms with Crippen molar-refractivity contribution in [2.75, 3.05) is 13.1 Å². The molecule has 0 amide bonds. The molecule has 1 aliphatic rings. The fourth-order valence-electron chi connectivity index (χ4n) is 3.14. The highest BCUT2D eigenvalue weighted by molar-refractivity contribution is 6.30. The Morgan fingerprint density at radius 1 is 1.03 bits per heavy atom. The molecule has 3 nitrogen and oxygen atoms in total. The summed E-state index contributed by atoms with van der Waals surface area (Å²) in [7, 11) is 0. The molecule has 0 bridgehead atoms. The van der Waals surface area contributed by atoms with Crippen molar-refractivity contribution in [3.05, 3.63) is 58.6 Å². The molecule has 1 atom stereocenters. The largest absolute Gasteiger partial charge is 0.484 e. The summed E-state index contributed by atoms with van der Waals surface area (Å²) in [6, 6.07) is 10.2. The van der Waals surface area contributed by atoms with Gasteiger partial charge in [-0.15, -0.1) is 0 Å². The standard InChI is InChI=1S/C22H25ClF3NO2/c1-14(15-6-5-7-16(10-15)22(24,25)26)28-19-9-8-17(23)11-20(19)29-18-12-27(13-18)21(2,3)4/h5-11,14,18H,12-13H2,1-4H3. The van der Waals surface area contributed by atoms with Crippen LogP contribution in [0.4, 0.5) is 13.2 Å². The second-order valence-corrected chi connectivity index (χ2v) is 8.73. The molecule has 0 saturated carbocycles. The van der Waals surface area contributed by atoms with Crippen molar-refractivity contribution in [3.8, 4) is 11.5 Å². The Balaban J connectivity index is 1.73. The lowest BCUT2D eigenvalue weighted by atomic mass is 9.99. The summed E-state index contributed by atoms with van der Waals surface area (Å²) >= 11 is 6.12. The molecule has 0 radical (unpaired) electrons. The van der Waals surface area contributed by atoms with Gasteiger partial charge in [0.1, 0.15) is 12.2 Å². The molecule has 1 saturated heterocycles. The van der Waals surface area contributed by atoms with E-state index in [1.54, 1.807) is 31.2 Å². The summed E-state index contributed by atoms with van der Waals surface area (Å²) in [5, 5.41) is 0.506. The number of likely N-dealkylation sites (tertiary alicyclic amines) is 1. The predicted octanol–water partition coefficient (Wildman–Crippen LogP) is 6.36. The highest BCUT2D eigenvalue weighted by atomic mass is 35.5. The predicted molar refractivity (Wildman–Crippen MR) is 108 cm³/mol. The van der Waals surface area contributed by atoms with Gasteiger partial charge in [0.2, 0.25) is 0 Å². The highest BCUT2D eigenvalue weighted by Gasteiger charge is 2.36. The van der Waals surface area contributed by atoms with Crippen LogP contribution < -0.4 is 9.47 Å². The van der Waals surface area contributed by atoms with E-state index in [1.807, 2.05) is 0 Å². The number of rotatable bonds is 5. The lowest BCUT2D eigenvalue weighted by Gasteiger charge is -2.47. The van der Waals surface area contributed by atoms with Crippen molar-refractivity contribution < 1.29 is 22.6 Å². The van der Waals surface area contributed by atoms with Gasteiger partial charge in [-0.2, -0.15) is 13.2 Å². The summed E-state index contributed by atoms with van der Waals surface area (Å²) in [6.45, 7) is 9.73. The summed E-state index contributed by atoms with van der Waals surface area (Å²) in [5.74, 6) is 0.948. The molecule has 0 N–H and O–H groups in total. The summed E-state index contributed by atoms with van der Waals surface area (Å²) in [6.07, 6.45) is -4.97. The quantitative estimate of drug-likeness (QED) is 0.554. The molecule has 29 heavy (non-hydrogen) atoms. The zero-order valence-electron chi connectivity index (χ0n) is 16.9. The van der Waals surface area contributed by atoms with E-state index in [2.05, 4.69) is 25.7 Å². The van der Waals surface area contributed by atoms with Crippen LogP contribution in [0, 0.1) is 0 Å². The monoisotopic (exact) mass is 427 g/mol. The molecule has 3 rings (SSSR count). The minimum Gasteiger partial charge on any atom is -0.484 e. The van der Waals surface area contributed by atoms with Gasteiger partial charge in [0.15, 0.2) is 11.5 Å². The SMILES string of the molecule is CC(Oc1ccc(Cl)cc1OC1CN(C(C)(C)C)C1)c1cccc(C(F)(F)F)c1. The first-order valence-corrected chi connectivity index (χ1v) is 9.86. The fraction of sp³-hybridized carbons (Fsp3) is 0.455. The maximum Gasteiger partial charge on any atom is 0.416 e. The van der Waals surface area contributed by atoms with Crippen LogP contribution in [-0.2, 0) is 6.18 Å². The third-order valence-corrected chi connectivity index (χ3v) is 5.22. The Bertz CT molecular complexity index is 858. The number of ether oxygens (including phenoxy) is 2. The van der Waals surface area contributed by atoms with Gasteiger partial charge in [0.05, 0.1) is 5.56 Å². The van der Waals surface area contributed by atoms with Crippen LogP contribution in [0.1, 0.15) is 44.9 Å². The first-order valence-electron chi connectivity index (χ1n) is 9.48. The number of hydrogen-bond donors (Lipinski definition) is 0. The van der Waals surface area contributed by atoms with Gasteiger partial charge in [-0.25, -0.2) is 0 Å². The Kier molecular flexibility index (Phi) is 6.06. The lowest BCUT2D eigenvalue weighted by Crippen LogP contribution is -2.60. The Labute approximate surface area is 174 Å². The van der Waals surface area contributed by atoms with Crippen LogP contribution in [0.2, 0.25) is 5.02 Å². The van der Waals surface area contributed by atoms with Gasteiger partial charge in [0, 0.05) is 29.7 Å². The van der Waals surface area contributed by atoms with Gasteiger partial charge in [-0.1, -0.05) is 23.7 Å². The van der Waals surface area contributed by atoms with Gasteiger partial charge >= 0.3 is 6.18 Å². The normalized spacial score (nSPS) is 17.0. The minimum absolute atomic E-state index is 0.0129. The molecule has 1 fully saturated rings. The molecule has 0 aliphatic carbocycles. The van der Waals surface area contributed by atoms with E-state index in [1.165, 1.54) is 6.07 Å². The topological polar surface area (TPSA) is 21.7 Å². The molecule has 158 valence electrons. The van der Waals surface area contributed by atoms with E-state index in [-0.39, 0.29) is 11.6 Å². The van der Waals surface area contributed by atoms with Crippen LogP contribution in [0.15, 0.2) is 42.5 Å². The summed E-state index contributed by atoms with van der Waals surface area (Å²) in [5.41, 5.74) is -0.191. The number of alkyl halides is 3. The van der Waals surface area contributed by atoms with Crippen LogP contribution in [0.5, 0.6) is 11.5 Å². The summed E-state index contributed by atoms with van der Waals surface area (Å²) < 4.78 is 51.0. The maximum absolute atomic E-state index is 13.0. The third-order valence-electron chi connectivity index (χ3n) is 4.98. The molecule has 0 aromatic heterocycles. The van der Waals surface area contributed by atoms with Gasteiger partial charge in [-0.3, -0.25) is 4.90 Å². The molecule has 2 aromatic carbocycles. The summed E-state index contributed by atoms with van der Waals surface area (Å²) in [4.78, 5) is 2.30. The average Bonchev–Trinajstić information content (AvgIpc) is 2.58. The van der Waals surface area contributed by atoms with Crippen LogP contribution in [0.3, 0.4) is 0 Å². The number of benzene rings is 2. The van der Waals surface area contributed by atoms with Crippen LogP contribution in [-0.4, -0.2) is 29.6 Å². The smallest absolute Gasteiger partial charge is 0.416 e. The van der Waals surface area contributed by atoms with E-state index in [0.29, 0.717) is 22.1 Å². The van der Waals surface area contributed by atoms with Gasteiger partial charge in [-0.05, 0) is 57.5 Å². The third kappa shape index (κ3) is 5.37. The van der Waals surface area contributed by atoms with Crippen LogP contribution in [0.25, 0.3) is 0 Å². The van der Waals surface area contributed by atoms with Crippen molar-refractivity contribution in [2.45, 2.75) is 51.6 Å². The molecular weight excluding hydrogens is 403 g/mol. The van der Waals surface area contributed by atoms with Gasteiger partial charge < -0.3 is 9.47 Å². The maximum atomic E-state index is 13.0. The minimum atomic E-state index is -4.40. The number of halogens is 4. The van der Waals surface area contributed by atoms with Crippen LogP contribution >= 0.6 is 11.6 Å². The van der Waals surface area contributed by atoms with E-state index in [0.717, 1.165) is 25.2 Å². The molecule has 1 heterocycles. The zero-order valence-corrected chi connectivity index (χ0v) is 17.6. The van der Waals surface area contributed by atoms with E-state index < -0.39 is 17.8 Å². The lowest BCUT2D eigenvalue weighted by molar-refractivity contribution is -0.137.